The van der Waals surface area contributed by atoms with Gasteiger partial charge in [-0.2, -0.15) is 0 Å². The third-order valence-electron chi connectivity index (χ3n) is 3.41. The van der Waals surface area contributed by atoms with Gasteiger partial charge in [0.25, 0.3) is 0 Å². The normalized spacial score (nSPS) is 16.8. The maximum absolute atomic E-state index is 12.1. The molecule has 1 amide bonds. The number of anilines is 1. The lowest BCUT2D eigenvalue weighted by Gasteiger charge is -2.33. The van der Waals surface area contributed by atoms with Crippen LogP contribution in [0, 0.1) is 0 Å². The van der Waals surface area contributed by atoms with Crippen LogP contribution in [0.1, 0.15) is 45.4 Å². The molecule has 0 aliphatic heterocycles. The van der Waals surface area contributed by atoms with Crippen molar-refractivity contribution in [1.29, 1.82) is 0 Å². The van der Waals surface area contributed by atoms with E-state index >= 15 is 0 Å². The minimum atomic E-state index is 0.190. The zero-order valence-corrected chi connectivity index (χ0v) is 10.4. The smallest absolute Gasteiger partial charge is 0.228 e. The molecule has 1 saturated carbocycles. The van der Waals surface area contributed by atoms with E-state index in [1.807, 2.05) is 30.0 Å². The summed E-state index contributed by atoms with van der Waals surface area (Å²) in [5.41, 5.74) is 0. The van der Waals surface area contributed by atoms with Gasteiger partial charge in [0.05, 0.1) is 0 Å². The zero-order valence-electron chi connectivity index (χ0n) is 10.4. The highest BCUT2D eigenvalue weighted by Crippen LogP contribution is 2.26. The first kappa shape index (κ1) is 12.1. The Kier molecular flexibility index (Phi) is 4.13. The van der Waals surface area contributed by atoms with Crippen LogP contribution in [0.3, 0.4) is 0 Å². The van der Waals surface area contributed by atoms with Crippen LogP contribution in [0.5, 0.6) is 0 Å². The molecule has 1 fully saturated rings. The molecule has 0 atom stereocenters. The number of carbonyl (C=O) groups excluding carboxylic acids is 1. The molecular formula is C14H20N2O. The van der Waals surface area contributed by atoms with Gasteiger partial charge in [0.15, 0.2) is 0 Å². The third-order valence-corrected chi connectivity index (χ3v) is 3.41. The Bertz CT molecular complexity index is 358. The van der Waals surface area contributed by atoms with Crippen LogP contribution in [-0.2, 0) is 4.79 Å². The lowest BCUT2D eigenvalue weighted by atomic mass is 9.94. The standard InChI is InChI=1S/C14H20N2O/c1-2-14(17)16(12-8-4-3-5-9-12)13-10-6-7-11-15-13/h6-7,10-12H,2-5,8-9H2,1H3. The van der Waals surface area contributed by atoms with Crippen molar-refractivity contribution in [3.8, 4) is 0 Å². The average Bonchev–Trinajstić information content (AvgIpc) is 2.41. The number of hydrogen-bond acceptors (Lipinski definition) is 2. The van der Waals surface area contributed by atoms with Gasteiger partial charge in [0.2, 0.25) is 5.91 Å². The summed E-state index contributed by atoms with van der Waals surface area (Å²) < 4.78 is 0. The largest absolute Gasteiger partial charge is 0.294 e. The Morgan fingerprint density at radius 3 is 2.71 bits per heavy atom. The highest BCUT2D eigenvalue weighted by Gasteiger charge is 2.26. The second-order valence-electron chi connectivity index (χ2n) is 4.60. The first-order valence-corrected chi connectivity index (χ1v) is 6.56. The second kappa shape index (κ2) is 5.80. The quantitative estimate of drug-likeness (QED) is 0.802. The fraction of sp³-hybridized carbons (Fsp3) is 0.571. The predicted octanol–water partition coefficient (Wildman–Crippen LogP) is 3.16. The van der Waals surface area contributed by atoms with E-state index in [1.165, 1.54) is 19.3 Å². The van der Waals surface area contributed by atoms with E-state index in [9.17, 15) is 4.79 Å². The molecule has 3 heteroatoms. The van der Waals surface area contributed by atoms with Crippen molar-refractivity contribution in [2.75, 3.05) is 4.90 Å². The first-order chi connectivity index (χ1) is 8.33. The summed E-state index contributed by atoms with van der Waals surface area (Å²) in [7, 11) is 0. The number of carbonyl (C=O) groups is 1. The number of pyridine rings is 1. The first-order valence-electron chi connectivity index (χ1n) is 6.56. The van der Waals surface area contributed by atoms with Crippen LogP contribution >= 0.6 is 0 Å². The van der Waals surface area contributed by atoms with Crippen LogP contribution in [0.25, 0.3) is 0 Å². The van der Waals surface area contributed by atoms with Gasteiger partial charge in [-0.15, -0.1) is 0 Å². The van der Waals surface area contributed by atoms with Crippen LogP contribution in [0.2, 0.25) is 0 Å². The van der Waals surface area contributed by atoms with Gasteiger partial charge in [-0.1, -0.05) is 32.3 Å². The fourth-order valence-electron chi connectivity index (χ4n) is 2.52. The molecule has 1 heterocycles. The average molecular weight is 232 g/mol. The molecule has 1 aromatic heterocycles. The van der Waals surface area contributed by atoms with Gasteiger partial charge < -0.3 is 0 Å². The molecule has 92 valence electrons. The topological polar surface area (TPSA) is 33.2 Å². The van der Waals surface area contributed by atoms with Gasteiger partial charge >= 0.3 is 0 Å². The van der Waals surface area contributed by atoms with E-state index < -0.39 is 0 Å². The molecule has 0 spiro atoms. The summed E-state index contributed by atoms with van der Waals surface area (Å²) in [6, 6.07) is 6.12. The van der Waals surface area contributed by atoms with Crippen LogP contribution in [0.15, 0.2) is 24.4 Å². The summed E-state index contributed by atoms with van der Waals surface area (Å²) in [5.74, 6) is 1.00. The summed E-state index contributed by atoms with van der Waals surface area (Å²) in [5, 5.41) is 0. The van der Waals surface area contributed by atoms with Crippen molar-refractivity contribution in [3.63, 3.8) is 0 Å². The van der Waals surface area contributed by atoms with Gasteiger partial charge in [0, 0.05) is 18.7 Å². The molecular weight excluding hydrogens is 212 g/mol. The van der Waals surface area contributed by atoms with Gasteiger partial charge in [-0.3, -0.25) is 9.69 Å². The summed E-state index contributed by atoms with van der Waals surface area (Å²) in [4.78, 5) is 18.3. The van der Waals surface area contributed by atoms with Crippen LogP contribution in [0.4, 0.5) is 5.82 Å². The lowest BCUT2D eigenvalue weighted by Crippen LogP contribution is -2.41. The molecule has 1 aromatic rings. The van der Waals surface area contributed by atoms with Crippen molar-refractivity contribution < 1.29 is 4.79 Å². The van der Waals surface area contributed by atoms with Crippen molar-refractivity contribution in [2.45, 2.75) is 51.5 Å². The zero-order chi connectivity index (χ0) is 12.1. The third kappa shape index (κ3) is 2.84. The van der Waals surface area contributed by atoms with Crippen molar-refractivity contribution in [3.05, 3.63) is 24.4 Å². The molecule has 1 aliphatic rings. The Morgan fingerprint density at radius 1 is 1.35 bits per heavy atom. The van der Waals surface area contributed by atoms with Gasteiger partial charge in [0.1, 0.15) is 5.82 Å². The van der Waals surface area contributed by atoms with E-state index in [0.717, 1.165) is 18.7 Å². The Morgan fingerprint density at radius 2 is 2.12 bits per heavy atom. The Hall–Kier alpha value is -1.38. The van der Waals surface area contributed by atoms with E-state index in [0.29, 0.717) is 12.5 Å². The molecule has 1 aliphatic carbocycles. The number of amides is 1. The number of hydrogen-bond donors (Lipinski definition) is 0. The highest BCUT2D eigenvalue weighted by molar-refractivity contribution is 5.92. The fourth-order valence-corrected chi connectivity index (χ4v) is 2.52. The molecule has 17 heavy (non-hydrogen) atoms. The second-order valence-corrected chi connectivity index (χ2v) is 4.60. The SMILES string of the molecule is CCC(=O)N(c1ccccn1)C1CCCCC1. The molecule has 0 aromatic carbocycles. The predicted molar refractivity (Wildman–Crippen MR) is 68.9 cm³/mol. The van der Waals surface area contributed by atoms with Crippen molar-refractivity contribution >= 4 is 11.7 Å². The van der Waals surface area contributed by atoms with Crippen LogP contribution in [-0.4, -0.2) is 16.9 Å². The summed E-state index contributed by atoms with van der Waals surface area (Å²) >= 11 is 0. The molecule has 0 saturated heterocycles. The molecule has 0 N–H and O–H groups in total. The number of rotatable bonds is 3. The number of nitrogens with zero attached hydrogens (tertiary/aromatic N) is 2. The van der Waals surface area contributed by atoms with E-state index in [1.54, 1.807) is 6.20 Å². The monoisotopic (exact) mass is 232 g/mol. The Balaban J connectivity index is 2.21. The number of aromatic nitrogens is 1. The molecule has 3 nitrogen and oxygen atoms in total. The summed E-state index contributed by atoms with van der Waals surface area (Å²) in [6.07, 6.45) is 8.29. The van der Waals surface area contributed by atoms with E-state index in [4.69, 9.17) is 0 Å². The Labute approximate surface area is 103 Å². The van der Waals surface area contributed by atoms with E-state index in [2.05, 4.69) is 4.98 Å². The minimum Gasteiger partial charge on any atom is -0.294 e. The minimum absolute atomic E-state index is 0.190. The molecule has 0 bridgehead atoms. The summed E-state index contributed by atoms with van der Waals surface area (Å²) in [6.45, 7) is 1.92. The van der Waals surface area contributed by atoms with Crippen molar-refractivity contribution in [2.24, 2.45) is 0 Å². The highest BCUT2D eigenvalue weighted by atomic mass is 16.2. The lowest BCUT2D eigenvalue weighted by molar-refractivity contribution is -0.119. The maximum atomic E-state index is 12.1. The van der Waals surface area contributed by atoms with Gasteiger partial charge in [-0.25, -0.2) is 4.98 Å². The molecule has 2 rings (SSSR count). The van der Waals surface area contributed by atoms with Crippen LogP contribution < -0.4 is 4.90 Å². The molecule has 0 unspecified atom stereocenters. The van der Waals surface area contributed by atoms with Crippen molar-refractivity contribution in [1.82, 2.24) is 4.98 Å². The van der Waals surface area contributed by atoms with Gasteiger partial charge in [-0.05, 0) is 25.0 Å². The van der Waals surface area contributed by atoms with E-state index in [-0.39, 0.29) is 5.91 Å². The molecule has 0 radical (unpaired) electrons. The maximum Gasteiger partial charge on any atom is 0.228 e.